The van der Waals surface area contributed by atoms with Gasteiger partial charge in [0.2, 0.25) is 5.89 Å². The Morgan fingerprint density at radius 2 is 1.45 bits per heavy atom. The van der Waals surface area contributed by atoms with Crippen LogP contribution in [0.1, 0.15) is 0 Å². The first kappa shape index (κ1) is 16.3. The Hall–Kier alpha value is -3.63. The zero-order chi connectivity index (χ0) is 19.2. The maximum absolute atomic E-state index is 5.86. The molecule has 0 amide bonds. The lowest BCUT2D eigenvalue weighted by molar-refractivity contribution is 0.620. The van der Waals surface area contributed by atoms with Crippen LogP contribution in [0.5, 0.6) is 0 Å². The first-order valence-electron chi connectivity index (χ1n) is 9.48. The van der Waals surface area contributed by atoms with Gasteiger partial charge in [-0.2, -0.15) is 0 Å². The van der Waals surface area contributed by atoms with Gasteiger partial charge in [-0.3, -0.25) is 0 Å². The Balaban J connectivity index is 1.29. The van der Waals surface area contributed by atoms with Crippen LogP contribution in [0.25, 0.3) is 42.7 Å². The molecule has 0 aliphatic rings. The van der Waals surface area contributed by atoms with E-state index in [9.17, 15) is 0 Å². The average Bonchev–Trinajstić information content (AvgIpc) is 3.35. The predicted molar refractivity (Wildman–Crippen MR) is 122 cm³/mol. The van der Waals surface area contributed by atoms with E-state index < -0.39 is 0 Å². The number of benzene rings is 4. The quantitative estimate of drug-likeness (QED) is 0.337. The van der Waals surface area contributed by atoms with E-state index in [-0.39, 0.29) is 0 Å². The van der Waals surface area contributed by atoms with Crippen molar-refractivity contribution in [2.24, 2.45) is 0 Å². The lowest BCUT2D eigenvalue weighted by atomic mass is 10.1. The highest BCUT2D eigenvalue weighted by Crippen LogP contribution is 2.35. The van der Waals surface area contributed by atoms with E-state index in [2.05, 4.69) is 64.9 Å². The van der Waals surface area contributed by atoms with Crippen LogP contribution in [-0.2, 0) is 0 Å². The van der Waals surface area contributed by atoms with Crippen molar-refractivity contribution in [2.45, 2.75) is 0 Å². The van der Waals surface area contributed by atoms with E-state index in [1.165, 1.54) is 20.2 Å². The summed E-state index contributed by atoms with van der Waals surface area (Å²) in [5.74, 6) is 0.643. The number of hydrogen-bond acceptors (Lipinski definition) is 4. The topological polar surface area (TPSA) is 38.1 Å². The molecule has 0 fully saturated rings. The fraction of sp³-hybridized carbons (Fsp3) is 0. The normalized spacial score (nSPS) is 11.4. The van der Waals surface area contributed by atoms with Crippen molar-refractivity contribution in [1.82, 2.24) is 4.98 Å². The van der Waals surface area contributed by atoms with Gasteiger partial charge in [-0.1, -0.05) is 36.4 Å². The Kier molecular flexibility index (Phi) is 3.64. The monoisotopic (exact) mass is 392 g/mol. The van der Waals surface area contributed by atoms with Gasteiger partial charge in [0.25, 0.3) is 0 Å². The third-order valence-electron chi connectivity index (χ3n) is 5.09. The Morgan fingerprint density at radius 1 is 0.690 bits per heavy atom. The Labute approximate surface area is 171 Å². The molecule has 0 spiro atoms. The molecule has 2 aromatic heterocycles. The second-order valence-corrected chi connectivity index (χ2v) is 8.08. The first-order chi connectivity index (χ1) is 14.3. The number of hydrogen-bond donors (Lipinski definition) is 1. The van der Waals surface area contributed by atoms with Crippen molar-refractivity contribution in [3.63, 3.8) is 0 Å². The summed E-state index contributed by atoms with van der Waals surface area (Å²) in [6, 6.07) is 31.1. The maximum atomic E-state index is 5.86. The van der Waals surface area contributed by atoms with Crippen molar-refractivity contribution in [1.29, 1.82) is 0 Å². The van der Waals surface area contributed by atoms with Gasteiger partial charge < -0.3 is 9.73 Å². The van der Waals surface area contributed by atoms with E-state index in [0.29, 0.717) is 5.89 Å². The molecule has 0 atom stereocenters. The summed E-state index contributed by atoms with van der Waals surface area (Å²) in [6.07, 6.45) is 0. The van der Waals surface area contributed by atoms with Crippen LogP contribution in [0.3, 0.4) is 0 Å². The van der Waals surface area contributed by atoms with Crippen molar-refractivity contribution < 1.29 is 4.42 Å². The highest BCUT2D eigenvalue weighted by molar-refractivity contribution is 7.25. The summed E-state index contributed by atoms with van der Waals surface area (Å²) < 4.78 is 8.47. The molecule has 4 aromatic carbocycles. The van der Waals surface area contributed by atoms with Gasteiger partial charge in [0.05, 0.1) is 0 Å². The van der Waals surface area contributed by atoms with Crippen LogP contribution in [0.2, 0.25) is 0 Å². The van der Waals surface area contributed by atoms with Crippen molar-refractivity contribution in [3.8, 4) is 11.5 Å². The standard InChI is InChI=1S/C25H16N2OS/c1-4-8-23-19(5-1)20-14-13-18(15-24(20)29-23)26-17-11-9-16(10-12-17)25-27-21-6-2-3-7-22(21)28-25/h1-15,26H. The number of nitrogens with one attached hydrogen (secondary N) is 1. The number of anilines is 2. The fourth-order valence-electron chi connectivity index (χ4n) is 3.66. The molecular weight excluding hydrogens is 376 g/mol. The average molecular weight is 392 g/mol. The van der Waals surface area contributed by atoms with Gasteiger partial charge in [0.1, 0.15) is 5.52 Å². The second-order valence-electron chi connectivity index (χ2n) is 7.00. The summed E-state index contributed by atoms with van der Waals surface area (Å²) in [6.45, 7) is 0. The lowest BCUT2D eigenvalue weighted by Gasteiger charge is -2.07. The lowest BCUT2D eigenvalue weighted by Crippen LogP contribution is -1.89. The van der Waals surface area contributed by atoms with Gasteiger partial charge >= 0.3 is 0 Å². The van der Waals surface area contributed by atoms with E-state index >= 15 is 0 Å². The summed E-state index contributed by atoms with van der Waals surface area (Å²) in [5, 5.41) is 6.13. The second kappa shape index (κ2) is 6.47. The number of rotatable bonds is 3. The minimum atomic E-state index is 0.643. The molecule has 0 unspecified atom stereocenters. The summed E-state index contributed by atoms with van der Waals surface area (Å²) in [5.41, 5.74) is 4.76. The zero-order valence-electron chi connectivity index (χ0n) is 15.4. The molecule has 0 radical (unpaired) electrons. The van der Waals surface area contributed by atoms with E-state index in [1.807, 2.05) is 47.7 Å². The molecule has 0 aliphatic heterocycles. The summed E-state index contributed by atoms with van der Waals surface area (Å²) in [7, 11) is 0. The predicted octanol–water partition coefficient (Wildman–Crippen LogP) is 7.61. The van der Waals surface area contributed by atoms with Gasteiger partial charge in [0.15, 0.2) is 5.58 Å². The third-order valence-corrected chi connectivity index (χ3v) is 6.23. The molecule has 0 saturated heterocycles. The molecule has 0 saturated carbocycles. The fourth-order valence-corrected chi connectivity index (χ4v) is 4.81. The molecule has 0 aliphatic carbocycles. The minimum absolute atomic E-state index is 0.643. The molecule has 2 heterocycles. The van der Waals surface area contributed by atoms with Gasteiger partial charge in [-0.15, -0.1) is 11.3 Å². The molecule has 4 heteroatoms. The van der Waals surface area contributed by atoms with Crippen LogP contribution >= 0.6 is 11.3 Å². The third kappa shape index (κ3) is 2.85. The Bertz CT molecular complexity index is 1440. The number of nitrogens with zero attached hydrogens (tertiary/aromatic N) is 1. The molecule has 3 nitrogen and oxygen atoms in total. The number of thiophene rings is 1. The van der Waals surface area contributed by atoms with Crippen LogP contribution < -0.4 is 5.32 Å². The number of para-hydroxylation sites is 2. The van der Waals surface area contributed by atoms with Gasteiger partial charge in [0, 0.05) is 37.1 Å². The molecule has 6 rings (SSSR count). The molecule has 29 heavy (non-hydrogen) atoms. The smallest absolute Gasteiger partial charge is 0.227 e. The number of aromatic nitrogens is 1. The first-order valence-corrected chi connectivity index (χ1v) is 10.3. The molecule has 138 valence electrons. The maximum Gasteiger partial charge on any atom is 0.227 e. The number of oxazole rings is 1. The SMILES string of the molecule is c1ccc2oc(-c3ccc(Nc4ccc5c(c4)sc4ccccc45)cc3)nc2c1. The summed E-state index contributed by atoms with van der Waals surface area (Å²) in [4.78, 5) is 4.57. The number of fused-ring (bicyclic) bond motifs is 4. The van der Waals surface area contributed by atoms with Crippen LogP contribution in [0, 0.1) is 0 Å². The molecule has 0 bridgehead atoms. The molecule has 6 aromatic rings. The van der Waals surface area contributed by atoms with Crippen molar-refractivity contribution in [2.75, 3.05) is 5.32 Å². The van der Waals surface area contributed by atoms with Crippen LogP contribution in [0.15, 0.2) is 95.4 Å². The molecular formula is C25H16N2OS. The van der Waals surface area contributed by atoms with Crippen LogP contribution in [-0.4, -0.2) is 4.98 Å². The van der Waals surface area contributed by atoms with Crippen molar-refractivity contribution in [3.05, 3.63) is 91.0 Å². The highest BCUT2D eigenvalue weighted by atomic mass is 32.1. The molecule has 1 N–H and O–H groups in total. The Morgan fingerprint density at radius 3 is 2.34 bits per heavy atom. The van der Waals surface area contributed by atoms with Crippen LogP contribution in [0.4, 0.5) is 11.4 Å². The van der Waals surface area contributed by atoms with Gasteiger partial charge in [-0.05, 0) is 54.6 Å². The van der Waals surface area contributed by atoms with E-state index in [1.54, 1.807) is 0 Å². The van der Waals surface area contributed by atoms with E-state index in [0.717, 1.165) is 28.0 Å². The van der Waals surface area contributed by atoms with Gasteiger partial charge in [-0.25, -0.2) is 4.98 Å². The summed E-state index contributed by atoms with van der Waals surface area (Å²) >= 11 is 1.83. The highest BCUT2D eigenvalue weighted by Gasteiger charge is 2.08. The largest absolute Gasteiger partial charge is 0.436 e. The van der Waals surface area contributed by atoms with E-state index in [4.69, 9.17) is 4.42 Å². The minimum Gasteiger partial charge on any atom is -0.436 e. The zero-order valence-corrected chi connectivity index (χ0v) is 16.2. The van der Waals surface area contributed by atoms with Crippen molar-refractivity contribution >= 4 is 54.0 Å².